The highest BCUT2D eigenvalue weighted by atomic mass is 19.3. The minimum Gasteiger partial charge on any atom is -0.484 e. The highest BCUT2D eigenvalue weighted by Gasteiger charge is 2.29. The lowest BCUT2D eigenvalue weighted by Crippen LogP contribution is -2.49. The number of hydrogen-bond donors (Lipinski definition) is 1. The van der Waals surface area contributed by atoms with Gasteiger partial charge in [-0.25, -0.2) is 5.43 Å². The third-order valence-electron chi connectivity index (χ3n) is 5.76. The molecule has 3 rings (SSSR count). The number of nitrogens with zero attached hydrogens (tertiary/aromatic N) is 2. The van der Waals surface area contributed by atoms with E-state index in [9.17, 15) is 27.2 Å². The molecule has 1 fully saturated rings. The first-order valence-corrected chi connectivity index (χ1v) is 11.5. The SMILES string of the molecule is C[C@@H]1CCC[C@H](C)N1C(=O)COc1ccc(C(=O)N/N=C\c2ccc(OC(F)F)cc2OC(F)F)cc1. The van der Waals surface area contributed by atoms with Crippen molar-refractivity contribution in [2.45, 2.75) is 58.4 Å². The van der Waals surface area contributed by atoms with E-state index in [-0.39, 0.29) is 41.5 Å². The Morgan fingerprint density at radius 3 is 2.24 bits per heavy atom. The van der Waals surface area contributed by atoms with E-state index in [1.165, 1.54) is 30.3 Å². The van der Waals surface area contributed by atoms with Crippen LogP contribution in [0.25, 0.3) is 0 Å². The Bertz CT molecular complexity index is 1090. The number of carbonyl (C=O) groups is 2. The quantitative estimate of drug-likeness (QED) is 0.273. The van der Waals surface area contributed by atoms with E-state index in [1.807, 2.05) is 18.7 Å². The monoisotopic (exact) mass is 525 g/mol. The smallest absolute Gasteiger partial charge is 0.387 e. The third-order valence-corrected chi connectivity index (χ3v) is 5.76. The molecule has 2 atom stereocenters. The Morgan fingerprint density at radius 2 is 1.62 bits per heavy atom. The van der Waals surface area contributed by atoms with Crippen LogP contribution in [0.1, 0.15) is 49.0 Å². The number of benzene rings is 2. The standard InChI is InChI=1S/C25H27F4N3O5/c1-15-4-3-5-16(2)32(15)22(33)14-35-19-9-6-17(7-10-19)23(34)31-30-13-18-8-11-20(36-24(26)27)12-21(18)37-25(28)29/h6-13,15-16,24-25H,3-5,14H2,1-2H3,(H,31,34)/b30-13-/t15-,16+. The normalized spacial score (nSPS) is 17.8. The second-order valence-corrected chi connectivity index (χ2v) is 8.40. The summed E-state index contributed by atoms with van der Waals surface area (Å²) in [6.07, 6.45) is 4.03. The predicted octanol–water partition coefficient (Wildman–Crippen LogP) is 4.82. The maximum absolute atomic E-state index is 12.7. The van der Waals surface area contributed by atoms with Crippen LogP contribution in [0.15, 0.2) is 47.6 Å². The topological polar surface area (TPSA) is 89.5 Å². The number of ether oxygens (including phenoxy) is 3. The van der Waals surface area contributed by atoms with Crippen LogP contribution in [0, 0.1) is 0 Å². The molecule has 0 radical (unpaired) electrons. The van der Waals surface area contributed by atoms with Gasteiger partial charge in [0.2, 0.25) is 0 Å². The number of piperidine rings is 1. The first-order chi connectivity index (χ1) is 17.6. The third kappa shape index (κ3) is 8.09. The van der Waals surface area contributed by atoms with Gasteiger partial charge in [0.25, 0.3) is 11.8 Å². The molecule has 2 amide bonds. The maximum Gasteiger partial charge on any atom is 0.387 e. The van der Waals surface area contributed by atoms with Gasteiger partial charge in [-0.3, -0.25) is 9.59 Å². The fraction of sp³-hybridized carbons (Fsp3) is 0.400. The Labute approximate surface area is 211 Å². The zero-order chi connectivity index (χ0) is 26.9. The molecule has 0 saturated carbocycles. The molecule has 1 saturated heterocycles. The van der Waals surface area contributed by atoms with Gasteiger partial charge in [-0.2, -0.15) is 22.7 Å². The summed E-state index contributed by atoms with van der Waals surface area (Å²) < 4.78 is 64.1. The number of halogens is 4. The zero-order valence-corrected chi connectivity index (χ0v) is 20.2. The molecule has 1 heterocycles. The van der Waals surface area contributed by atoms with Crippen molar-refractivity contribution in [2.75, 3.05) is 6.61 Å². The van der Waals surface area contributed by atoms with E-state index in [2.05, 4.69) is 20.0 Å². The molecule has 8 nitrogen and oxygen atoms in total. The van der Waals surface area contributed by atoms with E-state index in [1.54, 1.807) is 0 Å². The van der Waals surface area contributed by atoms with Crippen LogP contribution in [-0.4, -0.2) is 54.8 Å². The van der Waals surface area contributed by atoms with Crippen LogP contribution in [-0.2, 0) is 4.79 Å². The van der Waals surface area contributed by atoms with Crippen molar-refractivity contribution >= 4 is 18.0 Å². The summed E-state index contributed by atoms with van der Waals surface area (Å²) in [7, 11) is 0. The molecule has 200 valence electrons. The highest BCUT2D eigenvalue weighted by molar-refractivity contribution is 5.95. The van der Waals surface area contributed by atoms with Gasteiger partial charge in [-0.1, -0.05) is 0 Å². The van der Waals surface area contributed by atoms with Crippen LogP contribution in [0.3, 0.4) is 0 Å². The molecule has 2 aromatic rings. The zero-order valence-electron chi connectivity index (χ0n) is 20.2. The molecule has 0 aromatic heterocycles. The summed E-state index contributed by atoms with van der Waals surface area (Å²) in [5, 5.41) is 3.70. The molecule has 0 bridgehead atoms. The molecule has 12 heteroatoms. The number of amides is 2. The predicted molar refractivity (Wildman–Crippen MR) is 126 cm³/mol. The molecule has 1 aliphatic rings. The molecule has 0 aliphatic carbocycles. The highest BCUT2D eigenvalue weighted by Crippen LogP contribution is 2.27. The van der Waals surface area contributed by atoms with E-state index >= 15 is 0 Å². The van der Waals surface area contributed by atoms with Crippen molar-refractivity contribution in [3.63, 3.8) is 0 Å². The van der Waals surface area contributed by atoms with Crippen LogP contribution < -0.4 is 19.6 Å². The van der Waals surface area contributed by atoms with Gasteiger partial charge < -0.3 is 19.1 Å². The van der Waals surface area contributed by atoms with Crippen molar-refractivity contribution < 1.29 is 41.4 Å². The van der Waals surface area contributed by atoms with Crippen molar-refractivity contribution in [3.8, 4) is 17.2 Å². The second-order valence-electron chi connectivity index (χ2n) is 8.40. The van der Waals surface area contributed by atoms with Crippen LogP contribution in [0.5, 0.6) is 17.2 Å². The minimum absolute atomic E-state index is 0.00651. The van der Waals surface area contributed by atoms with Gasteiger partial charge in [-0.05, 0) is 69.5 Å². The fourth-order valence-electron chi connectivity index (χ4n) is 4.06. The van der Waals surface area contributed by atoms with Crippen molar-refractivity contribution in [3.05, 3.63) is 53.6 Å². The summed E-state index contributed by atoms with van der Waals surface area (Å²) in [5.74, 6) is -1.14. The Balaban J connectivity index is 1.56. The fourth-order valence-corrected chi connectivity index (χ4v) is 4.06. The molecule has 2 aromatic carbocycles. The van der Waals surface area contributed by atoms with Crippen molar-refractivity contribution in [2.24, 2.45) is 5.10 Å². The van der Waals surface area contributed by atoms with Gasteiger partial charge in [0, 0.05) is 29.3 Å². The summed E-state index contributed by atoms with van der Waals surface area (Å²) in [5.41, 5.74) is 2.45. The summed E-state index contributed by atoms with van der Waals surface area (Å²) in [6, 6.07) is 9.47. The van der Waals surface area contributed by atoms with Crippen molar-refractivity contribution in [1.82, 2.24) is 10.3 Å². The van der Waals surface area contributed by atoms with Crippen LogP contribution >= 0.6 is 0 Å². The van der Waals surface area contributed by atoms with Crippen LogP contribution in [0.2, 0.25) is 0 Å². The van der Waals surface area contributed by atoms with E-state index < -0.39 is 24.9 Å². The van der Waals surface area contributed by atoms with Gasteiger partial charge in [0.15, 0.2) is 6.61 Å². The molecule has 1 aliphatic heterocycles. The largest absolute Gasteiger partial charge is 0.484 e. The van der Waals surface area contributed by atoms with Crippen LogP contribution in [0.4, 0.5) is 17.6 Å². The number of hydrazone groups is 1. The van der Waals surface area contributed by atoms with Gasteiger partial charge in [0.1, 0.15) is 17.2 Å². The Kier molecular flexibility index (Phi) is 9.70. The number of nitrogens with one attached hydrogen (secondary N) is 1. The summed E-state index contributed by atoms with van der Waals surface area (Å²) >= 11 is 0. The molecular weight excluding hydrogens is 498 g/mol. The average Bonchev–Trinajstić information content (AvgIpc) is 2.83. The minimum atomic E-state index is -3.22. The summed E-state index contributed by atoms with van der Waals surface area (Å²) in [4.78, 5) is 26.8. The maximum atomic E-state index is 12.7. The Hall–Kier alpha value is -3.83. The van der Waals surface area contributed by atoms with E-state index in [0.29, 0.717) is 5.75 Å². The molecular formula is C25H27F4N3O5. The Morgan fingerprint density at radius 1 is 1.00 bits per heavy atom. The van der Waals surface area contributed by atoms with Gasteiger partial charge in [-0.15, -0.1) is 0 Å². The first kappa shape index (κ1) is 27.8. The first-order valence-electron chi connectivity index (χ1n) is 11.5. The lowest BCUT2D eigenvalue weighted by atomic mass is 9.97. The van der Waals surface area contributed by atoms with Gasteiger partial charge in [0.05, 0.1) is 6.21 Å². The number of carbonyl (C=O) groups excluding carboxylic acids is 2. The molecule has 1 N–H and O–H groups in total. The van der Waals surface area contributed by atoms with E-state index in [4.69, 9.17) is 4.74 Å². The lowest BCUT2D eigenvalue weighted by molar-refractivity contribution is -0.139. The van der Waals surface area contributed by atoms with E-state index in [0.717, 1.165) is 37.6 Å². The molecule has 0 spiro atoms. The molecule has 0 unspecified atom stereocenters. The van der Waals surface area contributed by atoms with Gasteiger partial charge >= 0.3 is 13.2 Å². The average molecular weight is 525 g/mol. The number of likely N-dealkylation sites (tertiary alicyclic amines) is 1. The number of hydrogen-bond acceptors (Lipinski definition) is 6. The summed E-state index contributed by atoms with van der Waals surface area (Å²) in [6.45, 7) is -2.43. The molecule has 37 heavy (non-hydrogen) atoms. The van der Waals surface area contributed by atoms with Crippen molar-refractivity contribution in [1.29, 1.82) is 0 Å². The number of alkyl halides is 4. The number of rotatable bonds is 10. The second kappa shape index (κ2) is 12.9. The lowest BCUT2D eigenvalue weighted by Gasteiger charge is -2.38.